The Balaban J connectivity index is 1.96. The molecule has 1 amide bonds. The van der Waals surface area contributed by atoms with E-state index in [1.807, 2.05) is 18.2 Å². The molecule has 2 N–H and O–H groups in total. The SMILES string of the molecule is CN1CCC(c2c[nH]c3ccc(C(=O)NS)cc23)CC1. The highest BCUT2D eigenvalue weighted by Gasteiger charge is 2.21. The van der Waals surface area contributed by atoms with Gasteiger partial charge in [-0.3, -0.25) is 9.52 Å². The number of aromatic nitrogens is 1. The second kappa shape index (κ2) is 5.50. The van der Waals surface area contributed by atoms with Crippen LogP contribution < -0.4 is 4.72 Å². The van der Waals surface area contributed by atoms with Gasteiger partial charge in [-0.2, -0.15) is 0 Å². The summed E-state index contributed by atoms with van der Waals surface area (Å²) in [6.07, 6.45) is 4.45. The lowest BCUT2D eigenvalue weighted by Crippen LogP contribution is -2.29. The molecule has 1 aliphatic rings. The monoisotopic (exact) mass is 289 g/mol. The van der Waals surface area contributed by atoms with Gasteiger partial charge in [0.1, 0.15) is 0 Å². The van der Waals surface area contributed by atoms with Crippen LogP contribution in [0.25, 0.3) is 10.9 Å². The van der Waals surface area contributed by atoms with Gasteiger partial charge < -0.3 is 9.88 Å². The molecule has 1 aromatic heterocycles. The number of fused-ring (bicyclic) bond motifs is 1. The summed E-state index contributed by atoms with van der Waals surface area (Å²) in [4.78, 5) is 17.4. The van der Waals surface area contributed by atoms with Crippen molar-refractivity contribution in [2.45, 2.75) is 18.8 Å². The largest absolute Gasteiger partial charge is 0.361 e. The van der Waals surface area contributed by atoms with E-state index in [2.05, 4.69) is 40.7 Å². The van der Waals surface area contributed by atoms with E-state index in [4.69, 9.17) is 0 Å². The number of likely N-dealkylation sites (tertiary alicyclic amines) is 1. The zero-order chi connectivity index (χ0) is 14.1. The summed E-state index contributed by atoms with van der Waals surface area (Å²) in [5, 5.41) is 1.16. The van der Waals surface area contributed by atoms with Crippen molar-refractivity contribution in [1.82, 2.24) is 14.6 Å². The van der Waals surface area contributed by atoms with Crippen molar-refractivity contribution in [1.29, 1.82) is 0 Å². The third-order valence-corrected chi connectivity index (χ3v) is 4.44. The number of H-pyrrole nitrogens is 1. The molecule has 5 heteroatoms. The fourth-order valence-corrected chi connectivity index (χ4v) is 3.13. The molecule has 106 valence electrons. The zero-order valence-corrected chi connectivity index (χ0v) is 12.4. The second-order valence-electron chi connectivity index (χ2n) is 5.52. The first-order valence-corrected chi connectivity index (χ1v) is 7.38. The van der Waals surface area contributed by atoms with Crippen LogP contribution in [0.15, 0.2) is 24.4 Å². The van der Waals surface area contributed by atoms with Crippen molar-refractivity contribution in [3.05, 3.63) is 35.5 Å². The van der Waals surface area contributed by atoms with Gasteiger partial charge in [0.15, 0.2) is 0 Å². The number of hydrogen-bond acceptors (Lipinski definition) is 3. The van der Waals surface area contributed by atoms with Gasteiger partial charge in [-0.1, -0.05) is 12.8 Å². The van der Waals surface area contributed by atoms with Crippen LogP contribution in [-0.4, -0.2) is 35.9 Å². The van der Waals surface area contributed by atoms with Gasteiger partial charge in [-0.05, 0) is 62.7 Å². The summed E-state index contributed by atoms with van der Waals surface area (Å²) in [6.45, 7) is 2.27. The lowest BCUT2D eigenvalue weighted by Gasteiger charge is -2.28. The van der Waals surface area contributed by atoms with Gasteiger partial charge in [-0.15, -0.1) is 0 Å². The fourth-order valence-electron chi connectivity index (χ4n) is 3.01. The number of nitrogens with one attached hydrogen (secondary N) is 2. The van der Waals surface area contributed by atoms with Crippen molar-refractivity contribution in [2.75, 3.05) is 20.1 Å². The minimum Gasteiger partial charge on any atom is -0.361 e. The summed E-state index contributed by atoms with van der Waals surface area (Å²) in [5.74, 6) is 0.417. The van der Waals surface area contributed by atoms with Gasteiger partial charge in [0.2, 0.25) is 0 Å². The Morgan fingerprint density at radius 3 is 2.85 bits per heavy atom. The molecule has 1 saturated heterocycles. The molecule has 2 heterocycles. The smallest absolute Gasteiger partial charge is 0.260 e. The Hall–Kier alpha value is -1.46. The van der Waals surface area contributed by atoms with E-state index in [-0.39, 0.29) is 5.91 Å². The van der Waals surface area contributed by atoms with Crippen LogP contribution in [0.4, 0.5) is 0 Å². The van der Waals surface area contributed by atoms with Crippen LogP contribution in [-0.2, 0) is 0 Å². The second-order valence-corrected chi connectivity index (χ2v) is 5.75. The third kappa shape index (κ3) is 2.43. The van der Waals surface area contributed by atoms with Gasteiger partial charge in [-0.25, -0.2) is 0 Å². The molecule has 0 unspecified atom stereocenters. The van der Waals surface area contributed by atoms with Crippen molar-refractivity contribution in [2.24, 2.45) is 0 Å². The van der Waals surface area contributed by atoms with Crippen molar-refractivity contribution >= 4 is 29.6 Å². The molecule has 3 rings (SSSR count). The Morgan fingerprint density at radius 1 is 1.40 bits per heavy atom. The number of nitrogens with zero attached hydrogens (tertiary/aromatic N) is 1. The molecule has 0 radical (unpaired) electrons. The minimum absolute atomic E-state index is 0.161. The van der Waals surface area contributed by atoms with Crippen molar-refractivity contribution in [3.63, 3.8) is 0 Å². The predicted octanol–water partition coefficient (Wildman–Crippen LogP) is 2.55. The molecule has 0 spiro atoms. The maximum atomic E-state index is 11.7. The number of piperidine rings is 1. The predicted molar refractivity (Wildman–Crippen MR) is 84.2 cm³/mol. The molecular weight excluding hydrogens is 270 g/mol. The van der Waals surface area contributed by atoms with Crippen LogP contribution in [0.2, 0.25) is 0 Å². The van der Waals surface area contributed by atoms with Crippen molar-refractivity contribution in [3.8, 4) is 0 Å². The molecule has 0 saturated carbocycles. The highest BCUT2D eigenvalue weighted by atomic mass is 32.1. The first-order valence-electron chi connectivity index (χ1n) is 6.93. The molecule has 1 aromatic carbocycles. The third-order valence-electron chi connectivity index (χ3n) is 4.24. The Morgan fingerprint density at radius 2 is 2.15 bits per heavy atom. The minimum atomic E-state index is -0.161. The average Bonchev–Trinajstić information content (AvgIpc) is 2.90. The number of rotatable bonds is 2. The molecule has 0 atom stereocenters. The lowest BCUT2D eigenvalue weighted by molar-refractivity contribution is 0.0985. The Kier molecular flexibility index (Phi) is 3.72. The average molecular weight is 289 g/mol. The van der Waals surface area contributed by atoms with Gasteiger partial charge in [0, 0.05) is 22.7 Å². The van der Waals surface area contributed by atoms with Gasteiger partial charge in [0.05, 0.1) is 0 Å². The lowest BCUT2D eigenvalue weighted by atomic mass is 9.89. The first-order chi connectivity index (χ1) is 9.69. The van der Waals surface area contributed by atoms with E-state index >= 15 is 0 Å². The zero-order valence-electron chi connectivity index (χ0n) is 11.5. The molecule has 4 nitrogen and oxygen atoms in total. The van der Waals surface area contributed by atoms with E-state index < -0.39 is 0 Å². The summed E-state index contributed by atoms with van der Waals surface area (Å²) in [5.41, 5.74) is 3.08. The van der Waals surface area contributed by atoms with E-state index in [9.17, 15) is 4.79 Å². The number of carbonyl (C=O) groups excluding carboxylic acids is 1. The van der Waals surface area contributed by atoms with E-state index in [0.29, 0.717) is 11.5 Å². The van der Waals surface area contributed by atoms with Crippen LogP contribution >= 0.6 is 12.8 Å². The number of thiol groups is 1. The number of carbonyl (C=O) groups is 1. The van der Waals surface area contributed by atoms with Crippen LogP contribution in [0.5, 0.6) is 0 Å². The fraction of sp³-hybridized carbons (Fsp3) is 0.400. The number of hydrogen-bond donors (Lipinski definition) is 3. The number of amides is 1. The van der Waals surface area contributed by atoms with Crippen molar-refractivity contribution < 1.29 is 4.79 Å². The molecular formula is C15H19N3OS. The summed E-state index contributed by atoms with van der Waals surface area (Å²) < 4.78 is 2.38. The maximum absolute atomic E-state index is 11.7. The van der Waals surface area contributed by atoms with Crippen LogP contribution in [0, 0.1) is 0 Å². The highest BCUT2D eigenvalue weighted by molar-refractivity contribution is 7.78. The quantitative estimate of drug-likeness (QED) is 0.744. The normalized spacial score (nSPS) is 17.5. The Bertz CT molecular complexity index is 629. The molecule has 1 fully saturated rings. The van der Waals surface area contributed by atoms with E-state index in [0.717, 1.165) is 24.0 Å². The summed E-state index contributed by atoms with van der Waals surface area (Å²) in [6, 6.07) is 5.75. The first kappa shape index (κ1) is 13.5. The highest BCUT2D eigenvalue weighted by Crippen LogP contribution is 2.33. The standard InChI is InChI=1S/C15H19N3OS/c1-18-6-4-10(5-7-18)13-9-16-14-3-2-11(8-12(13)14)15(19)17-20/h2-3,8-10,16,20H,4-7H2,1H3,(H,17,19). The molecule has 2 aromatic rings. The summed E-state index contributed by atoms with van der Waals surface area (Å²) >= 11 is 3.83. The molecule has 20 heavy (non-hydrogen) atoms. The van der Waals surface area contributed by atoms with E-state index in [1.165, 1.54) is 18.4 Å². The Labute approximate surface area is 124 Å². The van der Waals surface area contributed by atoms with E-state index in [1.54, 1.807) is 0 Å². The maximum Gasteiger partial charge on any atom is 0.260 e. The summed E-state index contributed by atoms with van der Waals surface area (Å²) in [7, 11) is 2.17. The van der Waals surface area contributed by atoms with Crippen LogP contribution in [0.1, 0.15) is 34.7 Å². The molecule has 0 aliphatic carbocycles. The van der Waals surface area contributed by atoms with Crippen LogP contribution in [0.3, 0.4) is 0 Å². The topological polar surface area (TPSA) is 48.1 Å². The molecule has 0 bridgehead atoms. The van der Waals surface area contributed by atoms with Gasteiger partial charge >= 0.3 is 0 Å². The van der Waals surface area contributed by atoms with Gasteiger partial charge in [0.25, 0.3) is 5.91 Å². The molecule has 1 aliphatic heterocycles. The number of aromatic amines is 1. The number of benzene rings is 1.